The molecule has 0 heterocycles. The van der Waals surface area contributed by atoms with Crippen LogP contribution in [0.5, 0.6) is 0 Å². The molecule has 2 atom stereocenters. The first-order valence-electron chi connectivity index (χ1n) is 8.39. The van der Waals surface area contributed by atoms with Crippen molar-refractivity contribution in [1.29, 1.82) is 0 Å². The third-order valence-electron chi connectivity index (χ3n) is 6.73. The molecule has 0 aromatic rings. The van der Waals surface area contributed by atoms with Gasteiger partial charge in [0.2, 0.25) is 0 Å². The summed E-state index contributed by atoms with van der Waals surface area (Å²) in [5, 5.41) is 0. The smallest absolute Gasteiger partial charge is 0.131 e. The van der Waals surface area contributed by atoms with E-state index in [4.69, 9.17) is 0 Å². The van der Waals surface area contributed by atoms with Crippen molar-refractivity contribution in [3.05, 3.63) is 23.6 Å². The molecule has 1 rings (SSSR count). The first-order valence-corrected chi connectivity index (χ1v) is 8.39. The Bertz CT molecular complexity index is 425. The lowest BCUT2D eigenvalue weighted by molar-refractivity contribution is 0.0109. The summed E-state index contributed by atoms with van der Waals surface area (Å²) in [4.78, 5) is 0. The minimum atomic E-state index is -1.26. The summed E-state index contributed by atoms with van der Waals surface area (Å²) in [7, 11) is 0. The van der Waals surface area contributed by atoms with Gasteiger partial charge in [0.15, 0.2) is 0 Å². The van der Waals surface area contributed by atoms with Crippen molar-refractivity contribution in [2.45, 2.75) is 80.3 Å². The van der Waals surface area contributed by atoms with Gasteiger partial charge in [-0.2, -0.15) is 0 Å². The van der Waals surface area contributed by atoms with Gasteiger partial charge in [-0.1, -0.05) is 41.5 Å². The Morgan fingerprint density at radius 1 is 1.05 bits per heavy atom. The maximum absolute atomic E-state index is 15.0. The van der Waals surface area contributed by atoms with Crippen LogP contribution >= 0.6 is 0 Å². The Balaban J connectivity index is 3.33. The van der Waals surface area contributed by atoms with Crippen LogP contribution in [0.15, 0.2) is 23.6 Å². The van der Waals surface area contributed by atoms with E-state index in [1.54, 1.807) is 19.1 Å². The van der Waals surface area contributed by atoms with Gasteiger partial charge in [-0.05, 0) is 61.2 Å². The minimum absolute atomic E-state index is 0.141. The molecule has 1 aliphatic rings. The highest BCUT2D eigenvalue weighted by Crippen LogP contribution is 2.56. The molecule has 0 aromatic heterocycles. The van der Waals surface area contributed by atoms with E-state index < -0.39 is 11.6 Å². The molecule has 0 saturated carbocycles. The molecule has 0 aromatic carbocycles. The van der Waals surface area contributed by atoms with Gasteiger partial charge in [0, 0.05) is 0 Å². The average molecular weight is 298 g/mol. The molecule has 0 radical (unpaired) electrons. The zero-order valence-corrected chi connectivity index (χ0v) is 14.8. The van der Waals surface area contributed by atoms with Gasteiger partial charge in [0.1, 0.15) is 12.0 Å². The second-order valence-electron chi connectivity index (χ2n) is 7.25. The molecule has 1 aliphatic carbocycles. The molecule has 0 spiro atoms. The zero-order chi connectivity index (χ0) is 16.5. The number of halogens is 2. The predicted molar refractivity (Wildman–Crippen MR) is 87.7 cm³/mol. The first kappa shape index (κ1) is 18.4. The van der Waals surface area contributed by atoms with Gasteiger partial charge < -0.3 is 0 Å². The molecule has 0 nitrogen and oxygen atoms in total. The van der Waals surface area contributed by atoms with Crippen molar-refractivity contribution in [2.75, 3.05) is 0 Å². The number of hydrogen-bond acceptors (Lipinski definition) is 0. The fraction of sp³-hybridized carbons (Fsp3) is 0.789. The molecule has 2 unspecified atom stereocenters. The summed E-state index contributed by atoms with van der Waals surface area (Å²) in [6, 6.07) is 0. The number of alkyl halides is 1. The zero-order valence-electron chi connectivity index (χ0n) is 14.8. The predicted octanol–water partition coefficient (Wildman–Crippen LogP) is 6.78. The summed E-state index contributed by atoms with van der Waals surface area (Å²) in [5.74, 6) is -0.285. The van der Waals surface area contributed by atoms with Gasteiger partial charge in [0.25, 0.3) is 0 Å². The third-order valence-corrected chi connectivity index (χ3v) is 6.73. The van der Waals surface area contributed by atoms with Crippen LogP contribution in [0.4, 0.5) is 8.78 Å². The van der Waals surface area contributed by atoms with Crippen LogP contribution < -0.4 is 0 Å². The van der Waals surface area contributed by atoms with E-state index in [2.05, 4.69) is 20.8 Å². The summed E-state index contributed by atoms with van der Waals surface area (Å²) in [6.45, 7) is 14.1. The molecule has 2 heteroatoms. The van der Waals surface area contributed by atoms with E-state index in [0.717, 1.165) is 31.3 Å². The lowest BCUT2D eigenvalue weighted by atomic mass is 9.57. The van der Waals surface area contributed by atoms with Crippen LogP contribution in [-0.4, -0.2) is 6.17 Å². The van der Waals surface area contributed by atoms with E-state index in [0.29, 0.717) is 0 Å². The van der Waals surface area contributed by atoms with Gasteiger partial charge in [-0.3, -0.25) is 0 Å². The minimum Gasteiger partial charge on any atom is -0.242 e. The van der Waals surface area contributed by atoms with E-state index >= 15 is 4.39 Å². The van der Waals surface area contributed by atoms with Crippen LogP contribution in [0.2, 0.25) is 0 Å². The molecular weight excluding hydrogens is 266 g/mol. The van der Waals surface area contributed by atoms with Crippen molar-refractivity contribution in [3.8, 4) is 0 Å². The molecule has 0 bridgehead atoms. The number of hydrogen-bond donors (Lipinski definition) is 0. The maximum Gasteiger partial charge on any atom is 0.131 e. The highest BCUT2D eigenvalue weighted by molar-refractivity contribution is 5.38. The van der Waals surface area contributed by atoms with Crippen molar-refractivity contribution in [3.63, 3.8) is 0 Å². The van der Waals surface area contributed by atoms with Gasteiger partial charge >= 0.3 is 0 Å². The van der Waals surface area contributed by atoms with Crippen LogP contribution in [0.1, 0.15) is 74.1 Å². The topological polar surface area (TPSA) is 0 Å². The largest absolute Gasteiger partial charge is 0.242 e. The lowest BCUT2D eigenvalue weighted by Crippen LogP contribution is -2.46. The standard InChI is InChI=1S/C19H32F2/c1-8-17(5,9-2)14-12-15(20)19(7,16(21)13-14)18(6,10-3)11-4/h12-13,15H,8-11H2,1-7H3. The van der Waals surface area contributed by atoms with Gasteiger partial charge in [-0.15, -0.1) is 0 Å². The molecule has 0 amide bonds. The second-order valence-corrected chi connectivity index (χ2v) is 7.25. The molecule has 21 heavy (non-hydrogen) atoms. The maximum atomic E-state index is 15.0. The van der Waals surface area contributed by atoms with E-state index in [1.165, 1.54) is 0 Å². The molecule has 122 valence electrons. The molecule has 0 saturated heterocycles. The van der Waals surface area contributed by atoms with Crippen LogP contribution in [0, 0.1) is 16.2 Å². The first-order chi connectivity index (χ1) is 9.65. The Labute approximate surface area is 129 Å². The van der Waals surface area contributed by atoms with Gasteiger partial charge in [-0.25, -0.2) is 8.78 Å². The molecular formula is C19H32F2. The fourth-order valence-corrected chi connectivity index (χ4v) is 3.43. The highest BCUT2D eigenvalue weighted by atomic mass is 19.1. The highest BCUT2D eigenvalue weighted by Gasteiger charge is 2.53. The number of allylic oxidation sites excluding steroid dienone is 4. The summed E-state index contributed by atoms with van der Waals surface area (Å²) in [6.07, 6.45) is 5.35. The van der Waals surface area contributed by atoms with Crippen LogP contribution in [0.3, 0.4) is 0 Å². The second kappa shape index (κ2) is 6.22. The normalized spacial score (nSPS) is 27.4. The summed E-state index contributed by atoms with van der Waals surface area (Å²) < 4.78 is 30.0. The van der Waals surface area contributed by atoms with Crippen LogP contribution in [0.25, 0.3) is 0 Å². The van der Waals surface area contributed by atoms with E-state index in [1.807, 2.05) is 20.8 Å². The fourth-order valence-electron chi connectivity index (χ4n) is 3.43. The Hall–Kier alpha value is -0.660. The molecule has 0 N–H and O–H groups in total. The Morgan fingerprint density at radius 2 is 1.52 bits per heavy atom. The summed E-state index contributed by atoms with van der Waals surface area (Å²) in [5.41, 5.74) is -0.742. The third kappa shape index (κ3) is 2.71. The SMILES string of the molecule is CCC(C)(CC)C1=CC(F)C(C)(C(C)(CC)CC)C(F)=C1. The van der Waals surface area contributed by atoms with E-state index in [9.17, 15) is 4.39 Å². The van der Waals surface area contributed by atoms with Crippen molar-refractivity contribution >= 4 is 0 Å². The quantitative estimate of drug-likeness (QED) is 0.507. The van der Waals surface area contributed by atoms with Gasteiger partial charge in [0.05, 0.1) is 5.41 Å². The summed E-state index contributed by atoms with van der Waals surface area (Å²) >= 11 is 0. The van der Waals surface area contributed by atoms with Crippen molar-refractivity contribution in [1.82, 2.24) is 0 Å². The Kier molecular flexibility index (Phi) is 5.45. The van der Waals surface area contributed by atoms with E-state index in [-0.39, 0.29) is 16.7 Å². The monoisotopic (exact) mass is 298 g/mol. The van der Waals surface area contributed by atoms with Crippen molar-refractivity contribution < 1.29 is 8.78 Å². The molecule has 0 fully saturated rings. The van der Waals surface area contributed by atoms with Crippen LogP contribution in [-0.2, 0) is 0 Å². The van der Waals surface area contributed by atoms with Crippen molar-refractivity contribution in [2.24, 2.45) is 16.2 Å². The number of rotatable bonds is 6. The molecule has 0 aliphatic heterocycles. The Morgan fingerprint density at radius 3 is 1.86 bits per heavy atom. The lowest BCUT2D eigenvalue weighted by Gasteiger charge is -2.48. The average Bonchev–Trinajstić information content (AvgIpc) is 2.50.